The number of hydrazine groups is 1. The first kappa shape index (κ1) is 17.5. The van der Waals surface area contributed by atoms with Gasteiger partial charge in [0, 0.05) is 0 Å². The van der Waals surface area contributed by atoms with Crippen molar-refractivity contribution in [1.29, 1.82) is 0 Å². The molecular weight excluding hydrogens is 331 g/mol. The second kappa shape index (κ2) is 8.16. The molecule has 0 saturated carbocycles. The number of rotatable bonds is 6. The molecule has 0 bridgehead atoms. The molecule has 1 unspecified atom stereocenters. The Morgan fingerprint density at radius 3 is 1.88 bits per heavy atom. The van der Waals surface area contributed by atoms with Gasteiger partial charge >= 0.3 is 0 Å². The van der Waals surface area contributed by atoms with Crippen LogP contribution in [0.25, 0.3) is 0 Å². The van der Waals surface area contributed by atoms with E-state index in [1.807, 2.05) is 60.7 Å². The average Bonchev–Trinajstić information content (AvgIpc) is 2.69. The molecule has 0 aliphatic rings. The molecule has 0 aliphatic heterocycles. The lowest BCUT2D eigenvalue weighted by atomic mass is 10.2. The van der Waals surface area contributed by atoms with Crippen LogP contribution in [0.2, 0.25) is 0 Å². The van der Waals surface area contributed by atoms with Gasteiger partial charge < -0.3 is 4.74 Å². The number of ether oxygens (including phenoxy) is 1. The van der Waals surface area contributed by atoms with Crippen molar-refractivity contribution in [2.75, 3.05) is 5.01 Å². The molecule has 0 aliphatic carbocycles. The Labute approximate surface area is 151 Å². The number of amides is 1. The maximum Gasteiger partial charge on any atom is 0.279 e. The minimum Gasteiger partial charge on any atom is -0.481 e. The number of nitrogens with zero attached hydrogens (tertiary/aromatic N) is 1. The zero-order chi connectivity index (χ0) is 18.4. The number of anilines is 2. The first-order valence-corrected chi connectivity index (χ1v) is 8.26. The van der Waals surface area contributed by atoms with Gasteiger partial charge in [0.15, 0.2) is 6.10 Å². The highest BCUT2D eigenvalue weighted by molar-refractivity contribution is 5.84. The van der Waals surface area contributed by atoms with Crippen LogP contribution >= 0.6 is 0 Å². The number of carbonyl (C=O) groups is 1. The van der Waals surface area contributed by atoms with E-state index in [1.54, 1.807) is 11.9 Å². The van der Waals surface area contributed by atoms with E-state index >= 15 is 0 Å². The number of para-hydroxylation sites is 2. The average molecular weight is 350 g/mol. The summed E-state index contributed by atoms with van der Waals surface area (Å²) in [6.07, 6.45) is -0.754. The van der Waals surface area contributed by atoms with Gasteiger partial charge in [0.1, 0.15) is 11.6 Å². The van der Waals surface area contributed by atoms with E-state index in [-0.39, 0.29) is 11.7 Å². The molecule has 0 heterocycles. The molecule has 0 fully saturated rings. The fraction of sp³-hybridized carbons (Fsp3) is 0.0952. The van der Waals surface area contributed by atoms with Crippen LogP contribution in [0.4, 0.5) is 15.8 Å². The Hall–Kier alpha value is -3.34. The first-order chi connectivity index (χ1) is 12.6. The summed E-state index contributed by atoms with van der Waals surface area (Å²) in [6.45, 7) is 1.65. The van der Waals surface area contributed by atoms with Crippen molar-refractivity contribution in [3.05, 3.63) is 90.7 Å². The predicted octanol–water partition coefficient (Wildman–Crippen LogP) is 4.46. The molecule has 0 saturated heterocycles. The molecule has 26 heavy (non-hydrogen) atoms. The van der Waals surface area contributed by atoms with E-state index in [0.29, 0.717) is 5.75 Å². The highest BCUT2D eigenvalue weighted by Gasteiger charge is 2.19. The summed E-state index contributed by atoms with van der Waals surface area (Å²) in [5.74, 6) is -0.240. The number of hydrogen-bond acceptors (Lipinski definition) is 3. The Kier molecular flexibility index (Phi) is 5.49. The fourth-order valence-corrected chi connectivity index (χ4v) is 2.40. The second-order valence-electron chi connectivity index (χ2n) is 5.70. The van der Waals surface area contributed by atoms with Crippen LogP contribution in [0.15, 0.2) is 84.9 Å². The van der Waals surface area contributed by atoms with E-state index in [2.05, 4.69) is 5.43 Å². The van der Waals surface area contributed by atoms with E-state index in [4.69, 9.17) is 4.74 Å². The maximum absolute atomic E-state index is 13.0. The Balaban J connectivity index is 1.75. The molecule has 0 aromatic heterocycles. The minimum absolute atomic E-state index is 0.318. The molecule has 1 N–H and O–H groups in total. The monoisotopic (exact) mass is 350 g/mol. The Bertz CT molecular complexity index is 799. The molecule has 0 radical (unpaired) electrons. The zero-order valence-corrected chi connectivity index (χ0v) is 14.3. The highest BCUT2D eigenvalue weighted by atomic mass is 19.1. The fourth-order valence-electron chi connectivity index (χ4n) is 2.40. The summed E-state index contributed by atoms with van der Waals surface area (Å²) >= 11 is 0. The highest BCUT2D eigenvalue weighted by Crippen LogP contribution is 2.22. The third-order valence-electron chi connectivity index (χ3n) is 3.75. The van der Waals surface area contributed by atoms with Crippen molar-refractivity contribution in [3.8, 4) is 5.75 Å². The van der Waals surface area contributed by atoms with Crippen molar-refractivity contribution in [3.63, 3.8) is 0 Å². The van der Waals surface area contributed by atoms with Crippen LogP contribution < -0.4 is 15.2 Å². The largest absolute Gasteiger partial charge is 0.481 e. The molecule has 4 nitrogen and oxygen atoms in total. The van der Waals surface area contributed by atoms with Gasteiger partial charge in [0.2, 0.25) is 0 Å². The Morgan fingerprint density at radius 2 is 1.38 bits per heavy atom. The predicted molar refractivity (Wildman–Crippen MR) is 99.7 cm³/mol. The summed E-state index contributed by atoms with van der Waals surface area (Å²) < 4.78 is 18.6. The number of nitrogens with one attached hydrogen (secondary N) is 1. The smallest absolute Gasteiger partial charge is 0.279 e. The molecule has 0 spiro atoms. The van der Waals surface area contributed by atoms with Gasteiger partial charge in [-0.25, -0.2) is 4.39 Å². The molecule has 3 aromatic carbocycles. The lowest BCUT2D eigenvalue weighted by Crippen LogP contribution is -2.45. The molecule has 132 valence electrons. The van der Waals surface area contributed by atoms with Gasteiger partial charge in [-0.1, -0.05) is 36.4 Å². The van der Waals surface area contributed by atoms with Crippen LogP contribution in [-0.2, 0) is 4.79 Å². The van der Waals surface area contributed by atoms with Crippen molar-refractivity contribution >= 4 is 17.3 Å². The van der Waals surface area contributed by atoms with Crippen molar-refractivity contribution < 1.29 is 13.9 Å². The number of hydrogen-bond donors (Lipinski definition) is 1. The third-order valence-corrected chi connectivity index (χ3v) is 3.75. The summed E-state index contributed by atoms with van der Waals surface area (Å²) in [7, 11) is 0. The lowest BCUT2D eigenvalue weighted by Gasteiger charge is -2.27. The number of carbonyl (C=O) groups excluding carboxylic acids is 1. The van der Waals surface area contributed by atoms with E-state index in [1.165, 1.54) is 24.3 Å². The van der Waals surface area contributed by atoms with Crippen molar-refractivity contribution in [1.82, 2.24) is 5.43 Å². The standard InChI is InChI=1S/C21H19FN2O2/c1-16(26-20-14-12-17(22)13-15-20)21(25)23-24(18-8-4-2-5-9-18)19-10-6-3-7-11-19/h2-16H,1H3,(H,23,25). The summed E-state index contributed by atoms with van der Waals surface area (Å²) in [5, 5.41) is 1.70. The number of benzene rings is 3. The van der Waals surface area contributed by atoms with Crippen molar-refractivity contribution in [2.45, 2.75) is 13.0 Å². The van der Waals surface area contributed by atoms with Gasteiger partial charge in [-0.15, -0.1) is 0 Å². The lowest BCUT2D eigenvalue weighted by molar-refractivity contribution is -0.127. The zero-order valence-electron chi connectivity index (χ0n) is 14.3. The van der Waals surface area contributed by atoms with Gasteiger partial charge in [-0.2, -0.15) is 0 Å². The second-order valence-corrected chi connectivity index (χ2v) is 5.70. The third kappa shape index (κ3) is 4.39. The van der Waals surface area contributed by atoms with Crippen LogP contribution in [0, 0.1) is 5.82 Å². The van der Waals surface area contributed by atoms with Crippen LogP contribution in [0.3, 0.4) is 0 Å². The molecule has 5 heteroatoms. The molecule has 3 aromatic rings. The van der Waals surface area contributed by atoms with Crippen LogP contribution in [0.1, 0.15) is 6.92 Å². The summed E-state index contributed by atoms with van der Waals surface area (Å²) in [5.41, 5.74) is 4.52. The summed E-state index contributed by atoms with van der Waals surface area (Å²) in [6, 6.07) is 24.6. The quantitative estimate of drug-likeness (QED) is 0.667. The summed E-state index contributed by atoms with van der Waals surface area (Å²) in [4.78, 5) is 12.6. The van der Waals surface area contributed by atoms with Gasteiger partial charge in [-0.3, -0.25) is 15.2 Å². The molecular formula is C21H19FN2O2. The van der Waals surface area contributed by atoms with Crippen LogP contribution in [0.5, 0.6) is 5.75 Å². The topological polar surface area (TPSA) is 41.6 Å². The molecule has 1 amide bonds. The van der Waals surface area contributed by atoms with Gasteiger partial charge in [0.25, 0.3) is 5.91 Å². The van der Waals surface area contributed by atoms with E-state index < -0.39 is 6.10 Å². The molecule has 3 rings (SSSR count). The maximum atomic E-state index is 13.0. The molecule has 1 atom stereocenters. The first-order valence-electron chi connectivity index (χ1n) is 8.26. The normalized spacial score (nSPS) is 11.5. The van der Waals surface area contributed by atoms with Gasteiger partial charge in [0.05, 0.1) is 11.4 Å². The van der Waals surface area contributed by atoms with Gasteiger partial charge in [-0.05, 0) is 55.5 Å². The Morgan fingerprint density at radius 1 is 0.885 bits per heavy atom. The van der Waals surface area contributed by atoms with E-state index in [9.17, 15) is 9.18 Å². The number of halogens is 1. The van der Waals surface area contributed by atoms with E-state index in [0.717, 1.165) is 11.4 Å². The minimum atomic E-state index is -0.754. The SMILES string of the molecule is CC(Oc1ccc(F)cc1)C(=O)NN(c1ccccc1)c1ccccc1. The van der Waals surface area contributed by atoms with Crippen LogP contribution in [-0.4, -0.2) is 12.0 Å². The van der Waals surface area contributed by atoms with Crippen molar-refractivity contribution in [2.24, 2.45) is 0 Å².